The summed E-state index contributed by atoms with van der Waals surface area (Å²) < 4.78 is 0. The maximum absolute atomic E-state index is 5.88. The minimum Gasteiger partial charge on any atom is -0.271 e. The van der Waals surface area contributed by atoms with E-state index in [0.717, 1.165) is 16.5 Å². The number of rotatable bonds is 3. The molecule has 2 heterocycles. The highest BCUT2D eigenvalue weighted by molar-refractivity contribution is 7.12. The SMILES string of the molecule is NNC(c1cc2c(s1)CCC2)c1cccc2cccnc12. The van der Waals surface area contributed by atoms with Gasteiger partial charge in [0.2, 0.25) is 0 Å². The third-order valence-electron chi connectivity index (χ3n) is 4.19. The molecule has 0 saturated carbocycles. The Bertz CT molecular complexity index is 767. The number of thiophene rings is 1. The second-order valence-corrected chi connectivity index (χ2v) is 6.64. The fourth-order valence-electron chi connectivity index (χ4n) is 3.18. The predicted molar refractivity (Wildman–Crippen MR) is 87.3 cm³/mol. The fraction of sp³-hybridized carbons (Fsp3) is 0.235. The number of para-hydroxylation sites is 1. The molecule has 1 aromatic carbocycles. The smallest absolute Gasteiger partial charge is 0.0823 e. The third-order valence-corrected chi connectivity index (χ3v) is 5.49. The van der Waals surface area contributed by atoms with Gasteiger partial charge in [0, 0.05) is 26.9 Å². The van der Waals surface area contributed by atoms with Crippen molar-refractivity contribution in [2.75, 3.05) is 0 Å². The predicted octanol–water partition coefficient (Wildman–Crippen LogP) is 3.34. The number of hydrogen-bond donors (Lipinski definition) is 2. The highest BCUT2D eigenvalue weighted by Gasteiger charge is 2.22. The van der Waals surface area contributed by atoms with Crippen LogP contribution < -0.4 is 11.3 Å². The summed E-state index contributed by atoms with van der Waals surface area (Å²) in [4.78, 5) is 7.37. The van der Waals surface area contributed by atoms with Gasteiger partial charge in [0.05, 0.1) is 11.6 Å². The molecule has 3 N–H and O–H groups in total. The Labute approximate surface area is 127 Å². The van der Waals surface area contributed by atoms with Gasteiger partial charge in [-0.05, 0) is 37.0 Å². The number of nitrogens with two attached hydrogens (primary N) is 1. The average molecular weight is 295 g/mol. The standard InChI is InChI=1S/C17H17N3S/c18-20-17(15-10-12-5-2-8-14(12)21-15)13-7-1-4-11-6-3-9-19-16(11)13/h1,3-4,6-7,9-10,17,20H,2,5,8,18H2. The Morgan fingerprint density at radius 3 is 2.95 bits per heavy atom. The normalized spacial score (nSPS) is 15.3. The zero-order valence-corrected chi connectivity index (χ0v) is 12.5. The van der Waals surface area contributed by atoms with Gasteiger partial charge in [0.15, 0.2) is 0 Å². The Morgan fingerprint density at radius 1 is 1.19 bits per heavy atom. The van der Waals surface area contributed by atoms with Crippen molar-refractivity contribution in [2.24, 2.45) is 5.84 Å². The van der Waals surface area contributed by atoms with Gasteiger partial charge in [-0.3, -0.25) is 10.8 Å². The van der Waals surface area contributed by atoms with E-state index in [1.54, 1.807) is 0 Å². The van der Waals surface area contributed by atoms with E-state index < -0.39 is 0 Å². The number of hydrazine groups is 1. The monoisotopic (exact) mass is 295 g/mol. The van der Waals surface area contributed by atoms with Crippen molar-refractivity contribution in [3.63, 3.8) is 0 Å². The average Bonchev–Trinajstić information content (AvgIpc) is 3.10. The maximum atomic E-state index is 5.88. The molecule has 21 heavy (non-hydrogen) atoms. The molecule has 2 aromatic heterocycles. The molecule has 0 bridgehead atoms. The molecule has 3 aromatic rings. The lowest BCUT2D eigenvalue weighted by Gasteiger charge is -2.16. The molecule has 1 aliphatic rings. The Morgan fingerprint density at radius 2 is 2.10 bits per heavy atom. The van der Waals surface area contributed by atoms with E-state index in [-0.39, 0.29) is 6.04 Å². The first-order valence-electron chi connectivity index (χ1n) is 7.28. The van der Waals surface area contributed by atoms with Gasteiger partial charge in [-0.25, -0.2) is 5.43 Å². The van der Waals surface area contributed by atoms with E-state index in [1.807, 2.05) is 23.6 Å². The van der Waals surface area contributed by atoms with E-state index in [9.17, 15) is 0 Å². The van der Waals surface area contributed by atoms with E-state index in [1.165, 1.54) is 34.6 Å². The largest absolute Gasteiger partial charge is 0.271 e. The zero-order chi connectivity index (χ0) is 14.2. The van der Waals surface area contributed by atoms with Crippen molar-refractivity contribution in [2.45, 2.75) is 25.3 Å². The minimum atomic E-state index is 0.0131. The first kappa shape index (κ1) is 13.0. The van der Waals surface area contributed by atoms with E-state index in [2.05, 4.69) is 40.7 Å². The summed E-state index contributed by atoms with van der Waals surface area (Å²) in [5.74, 6) is 5.88. The molecule has 0 fully saturated rings. The number of fused-ring (bicyclic) bond motifs is 2. The van der Waals surface area contributed by atoms with Crippen LogP contribution in [0.4, 0.5) is 0 Å². The van der Waals surface area contributed by atoms with Crippen LogP contribution in [0.2, 0.25) is 0 Å². The molecule has 1 aliphatic carbocycles. The minimum absolute atomic E-state index is 0.0131. The van der Waals surface area contributed by atoms with Crippen LogP contribution >= 0.6 is 11.3 Å². The molecule has 0 radical (unpaired) electrons. The second kappa shape index (κ2) is 5.22. The number of benzene rings is 1. The van der Waals surface area contributed by atoms with Gasteiger partial charge in [0.25, 0.3) is 0 Å². The van der Waals surface area contributed by atoms with Crippen molar-refractivity contribution in [1.82, 2.24) is 10.4 Å². The number of aromatic nitrogens is 1. The molecule has 0 aliphatic heterocycles. The van der Waals surface area contributed by atoms with Crippen molar-refractivity contribution in [3.8, 4) is 0 Å². The number of nitrogens with one attached hydrogen (secondary N) is 1. The van der Waals surface area contributed by atoms with Gasteiger partial charge >= 0.3 is 0 Å². The Hall–Kier alpha value is -1.75. The summed E-state index contributed by atoms with van der Waals surface area (Å²) in [5, 5.41) is 1.15. The molecular formula is C17H17N3S. The summed E-state index contributed by atoms with van der Waals surface area (Å²) >= 11 is 1.89. The Balaban J connectivity index is 1.84. The van der Waals surface area contributed by atoms with Gasteiger partial charge < -0.3 is 0 Å². The number of nitrogens with zero attached hydrogens (tertiary/aromatic N) is 1. The highest BCUT2D eigenvalue weighted by Crippen LogP contribution is 2.37. The van der Waals surface area contributed by atoms with Crippen LogP contribution in [0.25, 0.3) is 10.9 Å². The third kappa shape index (κ3) is 2.16. The molecule has 4 rings (SSSR count). The number of hydrogen-bond acceptors (Lipinski definition) is 4. The van der Waals surface area contributed by atoms with Gasteiger partial charge in [0.1, 0.15) is 0 Å². The Kier molecular flexibility index (Phi) is 3.22. The van der Waals surface area contributed by atoms with Crippen LogP contribution in [0.15, 0.2) is 42.6 Å². The maximum Gasteiger partial charge on any atom is 0.0823 e. The molecule has 106 valence electrons. The van der Waals surface area contributed by atoms with Crippen LogP contribution in [-0.4, -0.2) is 4.98 Å². The fourth-order valence-corrected chi connectivity index (χ4v) is 4.52. The lowest BCUT2D eigenvalue weighted by molar-refractivity contribution is 0.649. The van der Waals surface area contributed by atoms with Gasteiger partial charge in [-0.15, -0.1) is 11.3 Å². The first-order chi connectivity index (χ1) is 10.4. The molecular weight excluding hydrogens is 278 g/mol. The van der Waals surface area contributed by atoms with Crippen molar-refractivity contribution >= 4 is 22.2 Å². The molecule has 1 atom stereocenters. The van der Waals surface area contributed by atoms with E-state index >= 15 is 0 Å². The molecule has 0 spiro atoms. The van der Waals surface area contributed by atoms with Crippen molar-refractivity contribution in [1.29, 1.82) is 0 Å². The van der Waals surface area contributed by atoms with Crippen molar-refractivity contribution in [3.05, 3.63) is 63.5 Å². The number of aryl methyl sites for hydroxylation is 2. The molecule has 4 heteroatoms. The number of pyridine rings is 1. The van der Waals surface area contributed by atoms with E-state index in [4.69, 9.17) is 5.84 Å². The van der Waals surface area contributed by atoms with Crippen LogP contribution in [0.5, 0.6) is 0 Å². The quantitative estimate of drug-likeness (QED) is 0.575. The van der Waals surface area contributed by atoms with Crippen molar-refractivity contribution < 1.29 is 0 Å². The van der Waals surface area contributed by atoms with Gasteiger partial charge in [-0.2, -0.15) is 0 Å². The first-order valence-corrected chi connectivity index (χ1v) is 8.10. The zero-order valence-electron chi connectivity index (χ0n) is 11.7. The summed E-state index contributed by atoms with van der Waals surface area (Å²) in [6, 6.07) is 12.7. The lowest BCUT2D eigenvalue weighted by atomic mass is 10.0. The van der Waals surface area contributed by atoms with Crippen LogP contribution in [-0.2, 0) is 12.8 Å². The lowest BCUT2D eigenvalue weighted by Crippen LogP contribution is -2.28. The topological polar surface area (TPSA) is 50.9 Å². The van der Waals surface area contributed by atoms with Crippen LogP contribution in [0.3, 0.4) is 0 Å². The molecule has 0 amide bonds. The molecule has 3 nitrogen and oxygen atoms in total. The summed E-state index contributed by atoms with van der Waals surface area (Å²) in [6.07, 6.45) is 5.55. The second-order valence-electron chi connectivity index (χ2n) is 5.47. The van der Waals surface area contributed by atoms with Crippen LogP contribution in [0.1, 0.15) is 33.3 Å². The summed E-state index contributed by atoms with van der Waals surface area (Å²) in [7, 11) is 0. The summed E-state index contributed by atoms with van der Waals surface area (Å²) in [5.41, 5.74) is 6.66. The summed E-state index contributed by atoms with van der Waals surface area (Å²) in [6.45, 7) is 0. The molecule has 1 unspecified atom stereocenters. The van der Waals surface area contributed by atoms with Crippen LogP contribution in [0, 0.1) is 0 Å². The highest BCUT2D eigenvalue weighted by atomic mass is 32.1. The van der Waals surface area contributed by atoms with E-state index in [0.29, 0.717) is 0 Å². The molecule has 0 saturated heterocycles. The van der Waals surface area contributed by atoms with Gasteiger partial charge in [-0.1, -0.05) is 24.3 Å².